The number of aromatic nitrogens is 1. The van der Waals surface area contributed by atoms with Crippen LogP contribution >= 0.6 is 0 Å². The number of benzene rings is 2. The summed E-state index contributed by atoms with van der Waals surface area (Å²) in [5.74, 6) is -0.812. The molecule has 0 radical (unpaired) electrons. The number of amides is 1. The number of alkyl halides is 3. The van der Waals surface area contributed by atoms with Crippen LogP contribution in [0.15, 0.2) is 65.8 Å². The molecule has 0 atom stereocenters. The summed E-state index contributed by atoms with van der Waals surface area (Å²) in [5, 5.41) is 1.40. The molecule has 0 saturated carbocycles. The first kappa shape index (κ1) is 20.8. The Kier molecular flexibility index (Phi) is 5.61. The van der Waals surface area contributed by atoms with Gasteiger partial charge in [-0.1, -0.05) is 30.3 Å². The van der Waals surface area contributed by atoms with Crippen molar-refractivity contribution in [3.63, 3.8) is 0 Å². The molecule has 0 N–H and O–H groups in total. The van der Waals surface area contributed by atoms with Crippen LogP contribution in [-0.2, 0) is 16.0 Å². The van der Waals surface area contributed by atoms with E-state index in [4.69, 9.17) is 0 Å². The zero-order chi connectivity index (χ0) is 21.2. The molecule has 1 amide bonds. The summed E-state index contributed by atoms with van der Waals surface area (Å²) in [6, 6.07) is 14.2. The van der Waals surface area contributed by atoms with Crippen molar-refractivity contribution in [2.45, 2.75) is 11.2 Å². The number of nitrogens with zero attached hydrogens (tertiary/aromatic N) is 2. The molecular formula is C20H17F3N2O3S. The van der Waals surface area contributed by atoms with Crippen molar-refractivity contribution in [1.82, 2.24) is 9.88 Å². The second-order valence-corrected chi connectivity index (χ2v) is 8.55. The van der Waals surface area contributed by atoms with Crippen LogP contribution in [0.5, 0.6) is 0 Å². The van der Waals surface area contributed by atoms with Crippen LogP contribution in [0.1, 0.15) is 15.9 Å². The van der Waals surface area contributed by atoms with Crippen LogP contribution < -0.4 is 0 Å². The third-order valence-corrected chi connectivity index (χ3v) is 6.02. The summed E-state index contributed by atoms with van der Waals surface area (Å²) in [7, 11) is -2.47. The molecule has 2 aromatic carbocycles. The van der Waals surface area contributed by atoms with Crippen LogP contribution in [0.2, 0.25) is 0 Å². The molecule has 0 unspecified atom stereocenters. The van der Waals surface area contributed by atoms with Gasteiger partial charge in [0, 0.05) is 25.4 Å². The number of sulfone groups is 1. The molecule has 3 rings (SSSR count). The van der Waals surface area contributed by atoms with Crippen molar-refractivity contribution in [3.05, 3.63) is 71.9 Å². The monoisotopic (exact) mass is 422 g/mol. The average molecular weight is 422 g/mol. The molecule has 1 aromatic heterocycles. The lowest BCUT2D eigenvalue weighted by atomic mass is 10.1. The molecule has 0 fully saturated rings. The Labute approximate surface area is 165 Å². The summed E-state index contributed by atoms with van der Waals surface area (Å²) in [4.78, 5) is 17.3. The smallest absolute Gasteiger partial charge is 0.341 e. The Balaban J connectivity index is 1.69. The first-order chi connectivity index (χ1) is 13.6. The zero-order valence-electron chi connectivity index (χ0n) is 15.3. The number of halogens is 3. The Bertz CT molecular complexity index is 1140. The first-order valence-corrected chi connectivity index (χ1v) is 10.2. The molecule has 152 valence electrons. The van der Waals surface area contributed by atoms with Gasteiger partial charge in [-0.3, -0.25) is 4.79 Å². The predicted molar refractivity (Wildman–Crippen MR) is 102 cm³/mol. The van der Waals surface area contributed by atoms with Crippen LogP contribution in [-0.4, -0.2) is 43.6 Å². The Morgan fingerprint density at radius 1 is 1.03 bits per heavy atom. The van der Waals surface area contributed by atoms with Gasteiger partial charge >= 0.3 is 6.18 Å². The molecular weight excluding hydrogens is 405 g/mol. The van der Waals surface area contributed by atoms with E-state index in [1.165, 1.54) is 11.9 Å². The van der Waals surface area contributed by atoms with Gasteiger partial charge in [-0.25, -0.2) is 13.4 Å². The Morgan fingerprint density at radius 3 is 2.34 bits per heavy atom. The van der Waals surface area contributed by atoms with Gasteiger partial charge in [0.2, 0.25) is 0 Å². The molecule has 29 heavy (non-hydrogen) atoms. The third-order valence-electron chi connectivity index (χ3n) is 4.42. The second kappa shape index (κ2) is 7.82. The summed E-state index contributed by atoms with van der Waals surface area (Å²) < 4.78 is 62.5. The first-order valence-electron chi connectivity index (χ1n) is 8.58. The lowest BCUT2D eigenvalue weighted by Crippen LogP contribution is -2.31. The van der Waals surface area contributed by atoms with Gasteiger partial charge in [0.1, 0.15) is 0 Å². The highest BCUT2D eigenvalue weighted by atomic mass is 32.2. The van der Waals surface area contributed by atoms with Gasteiger partial charge in [-0.15, -0.1) is 0 Å². The number of carbonyl (C=O) groups is 1. The average Bonchev–Trinajstić information content (AvgIpc) is 2.70. The van der Waals surface area contributed by atoms with E-state index in [0.29, 0.717) is 17.8 Å². The van der Waals surface area contributed by atoms with Crippen LogP contribution in [0.3, 0.4) is 0 Å². The van der Waals surface area contributed by atoms with E-state index in [9.17, 15) is 26.4 Å². The topological polar surface area (TPSA) is 67.3 Å². The standard InChI is InChI=1S/C20H17F3N2O3S/c1-25(19(26)16-7-6-14-4-2-3-5-15(14)12-16)10-11-29(27,28)18-9-8-17(13-24-18)20(21,22)23/h2-9,12-13H,10-11H2,1H3. The summed E-state index contributed by atoms with van der Waals surface area (Å²) in [6.07, 6.45) is -4.11. The normalized spacial score (nSPS) is 12.1. The van der Waals surface area contributed by atoms with Crippen molar-refractivity contribution in [2.75, 3.05) is 19.3 Å². The molecule has 1 heterocycles. The van der Waals surface area contributed by atoms with Crippen molar-refractivity contribution in [2.24, 2.45) is 0 Å². The van der Waals surface area contributed by atoms with Crippen LogP contribution in [0.4, 0.5) is 13.2 Å². The van der Waals surface area contributed by atoms with Crippen molar-refractivity contribution >= 4 is 26.5 Å². The number of hydrogen-bond acceptors (Lipinski definition) is 4. The van der Waals surface area contributed by atoms with Crippen LogP contribution in [0.25, 0.3) is 10.8 Å². The number of hydrogen-bond donors (Lipinski definition) is 0. The lowest BCUT2D eigenvalue weighted by Gasteiger charge is -2.17. The molecule has 0 aliphatic heterocycles. The van der Waals surface area contributed by atoms with Crippen molar-refractivity contribution in [1.29, 1.82) is 0 Å². The number of rotatable bonds is 5. The van der Waals surface area contributed by atoms with Gasteiger partial charge < -0.3 is 4.90 Å². The predicted octanol–water partition coefficient (Wildman–Crippen LogP) is 3.80. The van der Waals surface area contributed by atoms with E-state index >= 15 is 0 Å². The molecule has 0 aliphatic rings. The highest BCUT2D eigenvalue weighted by Gasteiger charge is 2.31. The minimum atomic E-state index is -4.60. The number of fused-ring (bicyclic) bond motifs is 1. The Morgan fingerprint density at radius 2 is 1.72 bits per heavy atom. The fraction of sp³-hybridized carbons (Fsp3) is 0.200. The maximum absolute atomic E-state index is 12.6. The minimum absolute atomic E-state index is 0.128. The van der Waals surface area contributed by atoms with E-state index in [1.807, 2.05) is 24.3 Å². The maximum Gasteiger partial charge on any atom is 0.417 e. The second-order valence-electron chi connectivity index (χ2n) is 6.49. The molecule has 3 aromatic rings. The van der Waals surface area contributed by atoms with Gasteiger partial charge in [0.15, 0.2) is 14.9 Å². The van der Waals surface area contributed by atoms with Crippen molar-refractivity contribution in [3.8, 4) is 0 Å². The molecule has 9 heteroatoms. The molecule has 5 nitrogen and oxygen atoms in total. The van der Waals surface area contributed by atoms with Gasteiger partial charge in [0.25, 0.3) is 5.91 Å². The number of pyridine rings is 1. The van der Waals surface area contributed by atoms with E-state index < -0.39 is 32.4 Å². The maximum atomic E-state index is 12.6. The third kappa shape index (κ3) is 4.73. The van der Waals surface area contributed by atoms with Gasteiger partial charge in [0.05, 0.1) is 11.3 Å². The zero-order valence-corrected chi connectivity index (χ0v) is 16.2. The van der Waals surface area contributed by atoms with Gasteiger partial charge in [-0.2, -0.15) is 13.2 Å². The van der Waals surface area contributed by atoms with E-state index in [-0.39, 0.29) is 12.5 Å². The highest BCUT2D eigenvalue weighted by Crippen LogP contribution is 2.28. The highest BCUT2D eigenvalue weighted by molar-refractivity contribution is 7.91. The Hall–Kier alpha value is -2.94. The number of carbonyl (C=O) groups excluding carboxylic acids is 1. The van der Waals surface area contributed by atoms with E-state index in [2.05, 4.69) is 4.98 Å². The minimum Gasteiger partial charge on any atom is -0.341 e. The summed E-state index contributed by atoms with van der Waals surface area (Å²) in [5.41, 5.74) is -0.615. The largest absolute Gasteiger partial charge is 0.417 e. The fourth-order valence-corrected chi connectivity index (χ4v) is 3.95. The molecule has 0 spiro atoms. The molecule has 0 bridgehead atoms. The van der Waals surface area contributed by atoms with Gasteiger partial charge in [-0.05, 0) is 35.0 Å². The summed E-state index contributed by atoms with van der Waals surface area (Å²) in [6.45, 7) is -0.128. The quantitative estimate of drug-likeness (QED) is 0.627. The lowest BCUT2D eigenvalue weighted by molar-refractivity contribution is -0.137. The fourth-order valence-electron chi connectivity index (χ4n) is 2.74. The van der Waals surface area contributed by atoms with Crippen LogP contribution in [0, 0.1) is 0 Å². The van der Waals surface area contributed by atoms with E-state index in [0.717, 1.165) is 16.8 Å². The summed E-state index contributed by atoms with van der Waals surface area (Å²) >= 11 is 0. The molecule has 0 saturated heterocycles. The van der Waals surface area contributed by atoms with E-state index in [1.54, 1.807) is 18.2 Å². The molecule has 0 aliphatic carbocycles. The van der Waals surface area contributed by atoms with Crippen molar-refractivity contribution < 1.29 is 26.4 Å². The SMILES string of the molecule is CN(CCS(=O)(=O)c1ccc(C(F)(F)F)cn1)C(=O)c1ccc2ccccc2c1.